The fourth-order valence-electron chi connectivity index (χ4n) is 3.15. The van der Waals surface area contributed by atoms with Crippen LogP contribution in [0, 0.1) is 0 Å². The minimum atomic E-state index is -0.251. The Kier molecular flexibility index (Phi) is 5.54. The van der Waals surface area contributed by atoms with Gasteiger partial charge >= 0.3 is 0 Å². The summed E-state index contributed by atoms with van der Waals surface area (Å²) in [5, 5.41) is 3.01. The van der Waals surface area contributed by atoms with Crippen molar-refractivity contribution in [2.24, 2.45) is 0 Å². The second-order valence-electron chi connectivity index (χ2n) is 6.38. The Morgan fingerprint density at radius 1 is 1.11 bits per heavy atom. The molecular weight excluding hydrogens is 344 g/mol. The van der Waals surface area contributed by atoms with Crippen molar-refractivity contribution in [2.45, 2.75) is 32.2 Å². The molecule has 2 aromatic carbocycles. The SMILES string of the molecule is CC[C@@H](NC(=O)c1cccc(N2C(=O)CCC2=O)c1)c1ccc(OC)cc1. The van der Waals surface area contributed by atoms with Crippen LogP contribution >= 0.6 is 0 Å². The molecule has 27 heavy (non-hydrogen) atoms. The molecule has 3 amide bonds. The van der Waals surface area contributed by atoms with Crippen LogP contribution in [0.15, 0.2) is 48.5 Å². The first kappa shape index (κ1) is 18.6. The molecule has 6 nitrogen and oxygen atoms in total. The molecule has 1 aliphatic rings. The number of carbonyl (C=O) groups excluding carboxylic acids is 3. The Morgan fingerprint density at radius 3 is 2.37 bits per heavy atom. The number of hydrogen-bond donors (Lipinski definition) is 1. The lowest BCUT2D eigenvalue weighted by Crippen LogP contribution is -2.30. The summed E-state index contributed by atoms with van der Waals surface area (Å²) < 4.78 is 5.17. The molecule has 0 spiro atoms. The lowest BCUT2D eigenvalue weighted by Gasteiger charge is -2.19. The maximum absolute atomic E-state index is 12.7. The molecule has 3 rings (SSSR count). The third-order valence-corrected chi connectivity index (χ3v) is 4.65. The number of benzene rings is 2. The molecule has 0 aliphatic carbocycles. The first-order chi connectivity index (χ1) is 13.0. The Bertz CT molecular complexity index is 845. The van der Waals surface area contributed by atoms with Crippen LogP contribution in [-0.2, 0) is 9.59 Å². The Balaban J connectivity index is 1.77. The van der Waals surface area contributed by atoms with Gasteiger partial charge in [0.1, 0.15) is 5.75 Å². The van der Waals surface area contributed by atoms with Crippen LogP contribution in [0.4, 0.5) is 5.69 Å². The molecule has 2 aromatic rings. The van der Waals surface area contributed by atoms with Crippen molar-refractivity contribution in [1.82, 2.24) is 5.32 Å². The van der Waals surface area contributed by atoms with Crippen LogP contribution in [0.25, 0.3) is 0 Å². The zero-order valence-corrected chi connectivity index (χ0v) is 15.4. The molecule has 0 unspecified atom stereocenters. The van der Waals surface area contributed by atoms with Crippen molar-refractivity contribution in [3.63, 3.8) is 0 Å². The van der Waals surface area contributed by atoms with Crippen molar-refractivity contribution in [3.05, 3.63) is 59.7 Å². The Morgan fingerprint density at radius 2 is 1.78 bits per heavy atom. The van der Waals surface area contributed by atoms with E-state index in [2.05, 4.69) is 5.32 Å². The molecule has 1 atom stereocenters. The van der Waals surface area contributed by atoms with Crippen molar-refractivity contribution in [3.8, 4) is 5.75 Å². The van der Waals surface area contributed by atoms with E-state index in [1.165, 1.54) is 0 Å². The van der Waals surface area contributed by atoms with Crippen molar-refractivity contribution < 1.29 is 19.1 Å². The summed E-state index contributed by atoms with van der Waals surface area (Å²) in [5.74, 6) is 0.0376. The number of amides is 3. The van der Waals surface area contributed by atoms with Crippen molar-refractivity contribution >= 4 is 23.4 Å². The second-order valence-corrected chi connectivity index (χ2v) is 6.38. The van der Waals surface area contributed by atoms with E-state index in [4.69, 9.17) is 4.74 Å². The average molecular weight is 366 g/mol. The van der Waals surface area contributed by atoms with Gasteiger partial charge in [-0.1, -0.05) is 25.1 Å². The van der Waals surface area contributed by atoms with Crippen LogP contribution in [0.5, 0.6) is 5.75 Å². The molecule has 1 fully saturated rings. The fraction of sp³-hybridized carbons (Fsp3) is 0.286. The van der Waals surface area contributed by atoms with E-state index < -0.39 is 0 Å². The summed E-state index contributed by atoms with van der Waals surface area (Å²) in [6.45, 7) is 1.99. The molecule has 1 heterocycles. The van der Waals surface area contributed by atoms with E-state index in [-0.39, 0.29) is 36.6 Å². The van der Waals surface area contributed by atoms with Gasteiger partial charge in [-0.15, -0.1) is 0 Å². The summed E-state index contributed by atoms with van der Waals surface area (Å²) in [4.78, 5) is 37.7. The number of nitrogens with zero attached hydrogens (tertiary/aromatic N) is 1. The molecule has 0 aromatic heterocycles. The Labute approximate surface area is 158 Å². The van der Waals surface area contributed by atoms with Gasteiger partial charge in [-0.25, -0.2) is 0 Å². The normalized spacial score (nSPS) is 15.0. The summed E-state index contributed by atoms with van der Waals surface area (Å²) in [6.07, 6.45) is 1.15. The van der Waals surface area contributed by atoms with Gasteiger partial charge in [-0.05, 0) is 42.3 Å². The zero-order chi connectivity index (χ0) is 19.4. The lowest BCUT2D eigenvalue weighted by atomic mass is 10.0. The van der Waals surface area contributed by atoms with E-state index in [0.717, 1.165) is 22.6 Å². The minimum absolute atomic E-state index is 0.151. The number of imide groups is 1. The quantitative estimate of drug-likeness (QED) is 0.797. The van der Waals surface area contributed by atoms with E-state index >= 15 is 0 Å². The lowest BCUT2D eigenvalue weighted by molar-refractivity contribution is -0.121. The summed E-state index contributed by atoms with van der Waals surface area (Å²) >= 11 is 0. The van der Waals surface area contributed by atoms with Crippen LogP contribution in [0.2, 0.25) is 0 Å². The largest absolute Gasteiger partial charge is 0.497 e. The topological polar surface area (TPSA) is 75.7 Å². The second kappa shape index (κ2) is 8.03. The first-order valence-electron chi connectivity index (χ1n) is 8.94. The summed E-state index contributed by atoms with van der Waals surface area (Å²) in [6, 6.07) is 14.0. The molecule has 6 heteroatoms. The van der Waals surface area contributed by atoms with Crippen LogP contribution in [-0.4, -0.2) is 24.8 Å². The number of ether oxygens (including phenoxy) is 1. The average Bonchev–Trinajstić information content (AvgIpc) is 3.04. The fourth-order valence-corrected chi connectivity index (χ4v) is 3.15. The molecule has 1 N–H and O–H groups in total. The van der Waals surface area contributed by atoms with Crippen LogP contribution in [0.3, 0.4) is 0 Å². The number of carbonyl (C=O) groups is 3. The molecule has 0 bridgehead atoms. The zero-order valence-electron chi connectivity index (χ0n) is 15.4. The molecule has 140 valence electrons. The van der Waals surface area contributed by atoms with Crippen molar-refractivity contribution in [1.29, 1.82) is 0 Å². The Hall–Kier alpha value is -3.15. The number of methoxy groups -OCH3 is 1. The van der Waals surface area contributed by atoms with E-state index in [1.807, 2.05) is 31.2 Å². The third kappa shape index (κ3) is 4.00. The van der Waals surface area contributed by atoms with Gasteiger partial charge in [-0.3, -0.25) is 19.3 Å². The maximum Gasteiger partial charge on any atom is 0.251 e. The maximum atomic E-state index is 12.7. The van der Waals surface area contributed by atoms with Gasteiger partial charge < -0.3 is 10.1 Å². The van der Waals surface area contributed by atoms with Crippen LogP contribution < -0.4 is 15.0 Å². The third-order valence-electron chi connectivity index (χ3n) is 4.65. The van der Waals surface area contributed by atoms with Crippen LogP contribution in [0.1, 0.15) is 48.1 Å². The molecular formula is C21H22N2O4. The van der Waals surface area contributed by atoms with Crippen molar-refractivity contribution in [2.75, 3.05) is 12.0 Å². The molecule has 1 aliphatic heterocycles. The number of rotatable bonds is 6. The molecule has 0 saturated carbocycles. The van der Waals surface area contributed by atoms with E-state index in [9.17, 15) is 14.4 Å². The molecule has 0 radical (unpaired) electrons. The standard InChI is InChI=1S/C21H22N2O4/c1-3-18(14-7-9-17(27-2)10-8-14)22-21(26)15-5-4-6-16(13-15)23-19(24)11-12-20(23)25/h4-10,13,18H,3,11-12H2,1-2H3,(H,22,26)/t18-/m1/s1. The number of hydrogen-bond acceptors (Lipinski definition) is 4. The monoisotopic (exact) mass is 366 g/mol. The predicted molar refractivity (Wildman–Crippen MR) is 102 cm³/mol. The highest BCUT2D eigenvalue weighted by Crippen LogP contribution is 2.24. The van der Waals surface area contributed by atoms with Gasteiger partial charge in [0.2, 0.25) is 11.8 Å². The first-order valence-corrected chi connectivity index (χ1v) is 8.94. The van der Waals surface area contributed by atoms with E-state index in [0.29, 0.717) is 11.3 Å². The highest BCUT2D eigenvalue weighted by molar-refractivity contribution is 6.20. The smallest absolute Gasteiger partial charge is 0.251 e. The van der Waals surface area contributed by atoms with Gasteiger partial charge in [0.05, 0.1) is 18.8 Å². The summed E-state index contributed by atoms with van der Waals surface area (Å²) in [5.41, 5.74) is 1.83. The highest BCUT2D eigenvalue weighted by atomic mass is 16.5. The molecule has 1 saturated heterocycles. The minimum Gasteiger partial charge on any atom is -0.497 e. The predicted octanol–water partition coefficient (Wildman–Crippen LogP) is 3.23. The van der Waals surface area contributed by atoms with Gasteiger partial charge in [-0.2, -0.15) is 0 Å². The van der Waals surface area contributed by atoms with Gasteiger partial charge in [0, 0.05) is 18.4 Å². The number of nitrogens with one attached hydrogen (secondary N) is 1. The number of anilines is 1. The highest BCUT2D eigenvalue weighted by Gasteiger charge is 2.30. The van der Waals surface area contributed by atoms with Gasteiger partial charge in [0.15, 0.2) is 0 Å². The van der Waals surface area contributed by atoms with Gasteiger partial charge in [0.25, 0.3) is 5.91 Å². The van der Waals surface area contributed by atoms with E-state index in [1.54, 1.807) is 31.4 Å². The summed E-state index contributed by atoms with van der Waals surface area (Å²) in [7, 11) is 1.61.